The SMILES string of the molecule is C#C[C@]1(O)CCOc2cccnc21. The lowest BCUT2D eigenvalue weighted by molar-refractivity contribution is 0.0465. The van der Waals surface area contributed by atoms with Gasteiger partial charge in [0.2, 0.25) is 0 Å². The number of aromatic nitrogens is 1. The van der Waals surface area contributed by atoms with E-state index in [-0.39, 0.29) is 0 Å². The van der Waals surface area contributed by atoms with Crippen molar-refractivity contribution in [3.05, 3.63) is 24.0 Å². The summed E-state index contributed by atoms with van der Waals surface area (Å²) in [6.45, 7) is 0.430. The molecule has 0 spiro atoms. The Bertz CT molecular complexity index is 369. The van der Waals surface area contributed by atoms with Gasteiger partial charge in [0.25, 0.3) is 0 Å². The first kappa shape index (κ1) is 8.09. The van der Waals surface area contributed by atoms with Gasteiger partial charge in [-0.25, -0.2) is 0 Å². The van der Waals surface area contributed by atoms with Crippen LogP contribution >= 0.6 is 0 Å². The van der Waals surface area contributed by atoms with Crippen LogP contribution in [0.5, 0.6) is 5.75 Å². The third-order valence-corrected chi connectivity index (χ3v) is 2.12. The summed E-state index contributed by atoms with van der Waals surface area (Å²) < 4.78 is 5.30. The van der Waals surface area contributed by atoms with Crippen molar-refractivity contribution in [3.8, 4) is 18.1 Å². The zero-order chi connectivity index (χ0) is 9.31. The average molecular weight is 175 g/mol. The molecule has 0 unspecified atom stereocenters. The van der Waals surface area contributed by atoms with E-state index in [0.717, 1.165) is 0 Å². The second kappa shape index (κ2) is 2.75. The first-order valence-corrected chi connectivity index (χ1v) is 4.05. The standard InChI is InChI=1S/C10H9NO2/c1-2-10(12)5-7-13-8-4-3-6-11-9(8)10/h1,3-4,6,12H,5,7H2/t10-/m0/s1. The van der Waals surface area contributed by atoms with Gasteiger partial charge in [0.15, 0.2) is 5.60 Å². The molecule has 0 radical (unpaired) electrons. The molecule has 1 aromatic rings. The fourth-order valence-electron chi connectivity index (χ4n) is 1.39. The number of terminal acetylenes is 1. The van der Waals surface area contributed by atoms with Crippen LogP contribution in [0.15, 0.2) is 18.3 Å². The van der Waals surface area contributed by atoms with Crippen LogP contribution in [0.1, 0.15) is 12.1 Å². The van der Waals surface area contributed by atoms with Gasteiger partial charge in [-0.05, 0) is 12.1 Å². The molecule has 1 N–H and O–H groups in total. The molecule has 1 atom stereocenters. The van der Waals surface area contributed by atoms with E-state index in [1.165, 1.54) is 0 Å². The summed E-state index contributed by atoms with van der Waals surface area (Å²) in [6, 6.07) is 3.50. The first-order chi connectivity index (χ1) is 6.26. The molecule has 66 valence electrons. The molecule has 0 fully saturated rings. The average Bonchev–Trinajstić information content (AvgIpc) is 2.19. The quantitative estimate of drug-likeness (QED) is 0.590. The molecule has 13 heavy (non-hydrogen) atoms. The maximum atomic E-state index is 9.95. The van der Waals surface area contributed by atoms with Crippen molar-refractivity contribution in [2.45, 2.75) is 12.0 Å². The molecule has 1 aliphatic heterocycles. The molecule has 0 saturated heterocycles. The van der Waals surface area contributed by atoms with E-state index in [2.05, 4.69) is 10.9 Å². The first-order valence-electron chi connectivity index (χ1n) is 4.05. The number of ether oxygens (including phenoxy) is 1. The highest BCUT2D eigenvalue weighted by Crippen LogP contribution is 2.34. The predicted molar refractivity (Wildman–Crippen MR) is 47.1 cm³/mol. The van der Waals surface area contributed by atoms with E-state index in [9.17, 15) is 5.11 Å². The maximum absolute atomic E-state index is 9.95. The Hall–Kier alpha value is -1.53. The normalized spacial score (nSPS) is 25.5. The number of nitrogens with zero attached hydrogens (tertiary/aromatic N) is 1. The van der Waals surface area contributed by atoms with Gasteiger partial charge in [-0.1, -0.05) is 5.92 Å². The lowest BCUT2D eigenvalue weighted by Gasteiger charge is -2.28. The Morgan fingerprint density at radius 3 is 3.31 bits per heavy atom. The van der Waals surface area contributed by atoms with Crippen molar-refractivity contribution in [3.63, 3.8) is 0 Å². The number of hydrogen-bond donors (Lipinski definition) is 1. The predicted octanol–water partition coefficient (Wildman–Crippen LogP) is 0.685. The van der Waals surface area contributed by atoms with E-state index in [1.807, 2.05) is 0 Å². The van der Waals surface area contributed by atoms with Gasteiger partial charge in [0.1, 0.15) is 11.4 Å². The fourth-order valence-corrected chi connectivity index (χ4v) is 1.39. The fraction of sp³-hybridized carbons (Fsp3) is 0.300. The van der Waals surface area contributed by atoms with Crippen molar-refractivity contribution in [1.29, 1.82) is 0 Å². The Morgan fingerprint density at radius 1 is 1.69 bits per heavy atom. The number of hydrogen-bond acceptors (Lipinski definition) is 3. The third kappa shape index (κ3) is 1.16. The summed E-state index contributed by atoms with van der Waals surface area (Å²) in [4.78, 5) is 4.03. The molecular weight excluding hydrogens is 166 g/mol. The minimum Gasteiger partial charge on any atom is -0.491 e. The van der Waals surface area contributed by atoms with Crippen LogP contribution in [0.3, 0.4) is 0 Å². The largest absolute Gasteiger partial charge is 0.491 e. The van der Waals surface area contributed by atoms with Gasteiger partial charge < -0.3 is 9.84 Å². The molecule has 0 bridgehead atoms. The second-order valence-electron chi connectivity index (χ2n) is 2.95. The molecular formula is C10H9NO2. The van der Waals surface area contributed by atoms with Crippen LogP contribution in [0.25, 0.3) is 0 Å². The van der Waals surface area contributed by atoms with Gasteiger partial charge in [-0.2, -0.15) is 0 Å². The molecule has 0 amide bonds. The summed E-state index contributed by atoms with van der Waals surface area (Å²) in [5.41, 5.74) is -0.807. The van der Waals surface area contributed by atoms with E-state index in [0.29, 0.717) is 24.5 Å². The Labute approximate surface area is 76.4 Å². The van der Waals surface area contributed by atoms with Crippen molar-refractivity contribution in [2.24, 2.45) is 0 Å². The topological polar surface area (TPSA) is 42.4 Å². The molecule has 3 nitrogen and oxygen atoms in total. The molecule has 3 heteroatoms. The van der Waals surface area contributed by atoms with Crippen molar-refractivity contribution < 1.29 is 9.84 Å². The van der Waals surface area contributed by atoms with Crippen molar-refractivity contribution in [2.75, 3.05) is 6.61 Å². The lowest BCUT2D eigenvalue weighted by atomic mass is 9.94. The molecule has 1 aliphatic rings. The number of rotatable bonds is 0. The molecule has 0 aliphatic carbocycles. The zero-order valence-electron chi connectivity index (χ0n) is 7.03. The smallest absolute Gasteiger partial charge is 0.174 e. The Balaban J connectivity index is 2.56. The highest BCUT2D eigenvalue weighted by Gasteiger charge is 2.34. The summed E-state index contributed by atoms with van der Waals surface area (Å²) in [7, 11) is 0. The highest BCUT2D eigenvalue weighted by molar-refractivity contribution is 5.38. The van der Waals surface area contributed by atoms with Gasteiger partial charge >= 0.3 is 0 Å². The van der Waals surface area contributed by atoms with Crippen LogP contribution in [-0.4, -0.2) is 16.7 Å². The molecule has 0 aromatic carbocycles. The Kier molecular flexibility index (Phi) is 1.71. The van der Waals surface area contributed by atoms with Crippen LogP contribution < -0.4 is 4.74 Å². The minimum absolute atomic E-state index is 0.396. The monoisotopic (exact) mass is 175 g/mol. The van der Waals surface area contributed by atoms with Gasteiger partial charge in [0.05, 0.1) is 6.61 Å². The number of aliphatic hydroxyl groups is 1. The highest BCUT2D eigenvalue weighted by atomic mass is 16.5. The minimum atomic E-state index is -1.26. The Morgan fingerprint density at radius 2 is 2.54 bits per heavy atom. The van der Waals surface area contributed by atoms with Crippen LogP contribution in [-0.2, 0) is 5.60 Å². The summed E-state index contributed by atoms with van der Waals surface area (Å²) >= 11 is 0. The molecule has 2 heterocycles. The summed E-state index contributed by atoms with van der Waals surface area (Å²) in [5.74, 6) is 2.93. The van der Waals surface area contributed by atoms with Gasteiger partial charge in [-0.15, -0.1) is 6.42 Å². The van der Waals surface area contributed by atoms with Crippen LogP contribution in [0, 0.1) is 12.3 Å². The van der Waals surface area contributed by atoms with E-state index in [1.54, 1.807) is 18.3 Å². The summed E-state index contributed by atoms with van der Waals surface area (Å²) in [6.07, 6.45) is 7.25. The van der Waals surface area contributed by atoms with E-state index in [4.69, 9.17) is 11.2 Å². The molecule has 0 saturated carbocycles. The summed E-state index contributed by atoms with van der Waals surface area (Å²) in [5, 5.41) is 9.95. The number of pyridine rings is 1. The van der Waals surface area contributed by atoms with Crippen molar-refractivity contribution >= 4 is 0 Å². The van der Waals surface area contributed by atoms with Crippen molar-refractivity contribution in [1.82, 2.24) is 4.98 Å². The number of fused-ring (bicyclic) bond motifs is 1. The zero-order valence-corrected chi connectivity index (χ0v) is 7.03. The van der Waals surface area contributed by atoms with Gasteiger partial charge in [-0.3, -0.25) is 4.98 Å². The van der Waals surface area contributed by atoms with Gasteiger partial charge in [0, 0.05) is 12.6 Å². The molecule has 2 rings (SSSR count). The van der Waals surface area contributed by atoms with E-state index < -0.39 is 5.60 Å². The third-order valence-electron chi connectivity index (χ3n) is 2.12. The molecule has 1 aromatic heterocycles. The van der Waals surface area contributed by atoms with E-state index >= 15 is 0 Å². The van der Waals surface area contributed by atoms with Crippen LogP contribution in [0.4, 0.5) is 0 Å². The lowest BCUT2D eigenvalue weighted by Crippen LogP contribution is -2.32. The second-order valence-corrected chi connectivity index (χ2v) is 2.95. The van der Waals surface area contributed by atoms with Crippen LogP contribution in [0.2, 0.25) is 0 Å². The maximum Gasteiger partial charge on any atom is 0.174 e.